The predicted molar refractivity (Wildman–Crippen MR) is 116 cm³/mol. The van der Waals surface area contributed by atoms with Crippen LogP contribution < -0.4 is 0 Å². The van der Waals surface area contributed by atoms with Gasteiger partial charge in [0.2, 0.25) is 5.91 Å². The average Bonchev–Trinajstić information content (AvgIpc) is 3.28. The summed E-state index contributed by atoms with van der Waals surface area (Å²) in [5.74, 6) is 0.140. The van der Waals surface area contributed by atoms with Gasteiger partial charge in [0.25, 0.3) is 0 Å². The number of hydrogen-bond acceptors (Lipinski definition) is 2. The molecule has 0 spiro atoms. The fourth-order valence-corrected chi connectivity index (χ4v) is 3.82. The zero-order valence-electron chi connectivity index (χ0n) is 17.1. The lowest BCUT2D eigenvalue weighted by molar-refractivity contribution is -0.130. The van der Waals surface area contributed by atoms with Crippen LogP contribution in [0.1, 0.15) is 28.9 Å². The summed E-state index contributed by atoms with van der Waals surface area (Å²) in [5, 5.41) is 5.88. The summed E-state index contributed by atoms with van der Waals surface area (Å²) >= 11 is 0. The zero-order chi connectivity index (χ0) is 20.4. The molecule has 0 aliphatic rings. The quantitative estimate of drug-likeness (QED) is 0.528. The highest BCUT2D eigenvalue weighted by molar-refractivity contribution is 5.84. The number of aryl methyl sites for hydroxylation is 2. The molecule has 0 saturated carbocycles. The second-order valence-corrected chi connectivity index (χ2v) is 7.51. The summed E-state index contributed by atoms with van der Waals surface area (Å²) in [5.41, 5.74) is 6.48. The molecule has 2 heterocycles. The molecule has 0 saturated heterocycles. The van der Waals surface area contributed by atoms with Gasteiger partial charge in [-0.1, -0.05) is 36.4 Å². The van der Waals surface area contributed by atoms with Gasteiger partial charge in [0, 0.05) is 48.4 Å². The van der Waals surface area contributed by atoms with Gasteiger partial charge in [-0.25, -0.2) is 4.68 Å². The van der Waals surface area contributed by atoms with Crippen molar-refractivity contribution in [2.45, 2.75) is 33.2 Å². The number of nitrogens with zero attached hydrogens (tertiary/aromatic N) is 3. The molecule has 148 valence electrons. The second-order valence-electron chi connectivity index (χ2n) is 7.51. The third kappa shape index (κ3) is 3.81. The van der Waals surface area contributed by atoms with Crippen molar-refractivity contribution in [2.75, 3.05) is 7.05 Å². The van der Waals surface area contributed by atoms with Crippen LogP contribution in [0.15, 0.2) is 60.8 Å². The van der Waals surface area contributed by atoms with Crippen molar-refractivity contribution < 1.29 is 4.79 Å². The summed E-state index contributed by atoms with van der Waals surface area (Å²) in [4.78, 5) is 17.9. The number of aromatic amines is 1. The van der Waals surface area contributed by atoms with Crippen LogP contribution in [0.5, 0.6) is 0 Å². The zero-order valence-corrected chi connectivity index (χ0v) is 17.1. The molecule has 1 N–H and O–H groups in total. The molecule has 2 aromatic carbocycles. The number of H-pyrrole nitrogens is 1. The molecule has 29 heavy (non-hydrogen) atoms. The molecular formula is C24H26N4O. The lowest BCUT2D eigenvalue weighted by atomic mass is 10.1. The number of carbonyl (C=O) groups is 1. The summed E-state index contributed by atoms with van der Waals surface area (Å²) in [6.07, 6.45) is 3.23. The minimum atomic E-state index is 0.140. The van der Waals surface area contributed by atoms with Crippen molar-refractivity contribution in [2.24, 2.45) is 0 Å². The van der Waals surface area contributed by atoms with Crippen molar-refractivity contribution in [3.8, 4) is 5.69 Å². The van der Waals surface area contributed by atoms with Gasteiger partial charge < -0.3 is 9.88 Å². The van der Waals surface area contributed by atoms with Crippen molar-refractivity contribution in [3.63, 3.8) is 0 Å². The number of amides is 1. The summed E-state index contributed by atoms with van der Waals surface area (Å²) in [6, 6.07) is 18.3. The molecule has 0 radical (unpaired) electrons. The number of aromatic nitrogens is 3. The molecule has 4 rings (SSSR count). The van der Waals surface area contributed by atoms with E-state index in [-0.39, 0.29) is 5.91 Å². The maximum absolute atomic E-state index is 12.8. The molecule has 0 atom stereocenters. The highest BCUT2D eigenvalue weighted by Crippen LogP contribution is 2.21. The Balaban J connectivity index is 1.44. The van der Waals surface area contributed by atoms with Gasteiger partial charge in [-0.05, 0) is 44.0 Å². The van der Waals surface area contributed by atoms with Gasteiger partial charge in [0.1, 0.15) is 0 Å². The van der Waals surface area contributed by atoms with E-state index < -0.39 is 0 Å². The smallest absolute Gasteiger partial charge is 0.222 e. The van der Waals surface area contributed by atoms with Crippen LogP contribution in [0, 0.1) is 13.8 Å². The first-order valence-electron chi connectivity index (χ1n) is 9.94. The first-order chi connectivity index (χ1) is 14.0. The Morgan fingerprint density at radius 2 is 1.79 bits per heavy atom. The highest BCUT2D eigenvalue weighted by Gasteiger charge is 2.17. The van der Waals surface area contributed by atoms with E-state index >= 15 is 0 Å². The number of hydrogen-bond donors (Lipinski definition) is 1. The molecule has 0 aliphatic heterocycles. The molecule has 2 aromatic heterocycles. The van der Waals surface area contributed by atoms with E-state index in [1.165, 1.54) is 10.9 Å². The van der Waals surface area contributed by atoms with E-state index in [0.717, 1.165) is 34.6 Å². The van der Waals surface area contributed by atoms with Gasteiger partial charge in [-0.2, -0.15) is 5.10 Å². The van der Waals surface area contributed by atoms with Crippen LogP contribution in [0.2, 0.25) is 0 Å². The molecule has 1 amide bonds. The minimum absolute atomic E-state index is 0.140. The van der Waals surface area contributed by atoms with E-state index in [1.54, 1.807) is 4.90 Å². The van der Waals surface area contributed by atoms with Crippen LogP contribution in [0.4, 0.5) is 0 Å². The Hall–Kier alpha value is -3.34. The van der Waals surface area contributed by atoms with Gasteiger partial charge in [0.15, 0.2) is 0 Å². The first kappa shape index (κ1) is 19.0. The van der Waals surface area contributed by atoms with E-state index in [1.807, 2.05) is 67.3 Å². The van der Waals surface area contributed by atoms with Crippen LogP contribution in [0.25, 0.3) is 16.6 Å². The summed E-state index contributed by atoms with van der Waals surface area (Å²) < 4.78 is 1.95. The molecule has 4 aromatic rings. The highest BCUT2D eigenvalue weighted by atomic mass is 16.2. The fraction of sp³-hybridized carbons (Fsp3) is 0.250. The van der Waals surface area contributed by atoms with Crippen molar-refractivity contribution in [1.29, 1.82) is 0 Å². The van der Waals surface area contributed by atoms with E-state index in [2.05, 4.69) is 29.1 Å². The lowest BCUT2D eigenvalue weighted by Crippen LogP contribution is -2.26. The van der Waals surface area contributed by atoms with Crippen LogP contribution in [-0.2, 0) is 17.8 Å². The Bertz CT molecular complexity index is 1140. The minimum Gasteiger partial charge on any atom is -0.361 e. The third-order valence-electron chi connectivity index (χ3n) is 5.55. The maximum Gasteiger partial charge on any atom is 0.222 e. The Kier molecular flexibility index (Phi) is 5.21. The molecule has 0 aliphatic carbocycles. The number of carbonyl (C=O) groups excluding carboxylic acids is 1. The number of benzene rings is 2. The van der Waals surface area contributed by atoms with E-state index in [4.69, 9.17) is 0 Å². The SMILES string of the molecule is Cc1nn(-c2ccccc2)c(C)c1CN(C)C(=O)CCc1c[nH]c2ccccc12. The molecule has 5 heteroatoms. The Labute approximate surface area is 171 Å². The van der Waals surface area contributed by atoms with Gasteiger partial charge in [-0.15, -0.1) is 0 Å². The fourth-order valence-electron chi connectivity index (χ4n) is 3.82. The molecular weight excluding hydrogens is 360 g/mol. The largest absolute Gasteiger partial charge is 0.361 e. The number of rotatable bonds is 6. The van der Waals surface area contributed by atoms with Crippen molar-refractivity contribution >= 4 is 16.8 Å². The predicted octanol–water partition coefficient (Wildman–Crippen LogP) is 4.56. The van der Waals surface area contributed by atoms with Crippen LogP contribution in [0.3, 0.4) is 0 Å². The molecule has 5 nitrogen and oxygen atoms in total. The summed E-state index contributed by atoms with van der Waals surface area (Å²) in [7, 11) is 1.87. The first-order valence-corrected chi connectivity index (χ1v) is 9.94. The van der Waals surface area contributed by atoms with Crippen LogP contribution in [-0.4, -0.2) is 32.6 Å². The number of para-hydroxylation sites is 2. The Morgan fingerprint density at radius 1 is 1.07 bits per heavy atom. The van der Waals surface area contributed by atoms with E-state index in [9.17, 15) is 4.79 Å². The van der Waals surface area contributed by atoms with Gasteiger partial charge >= 0.3 is 0 Å². The normalized spacial score (nSPS) is 11.1. The summed E-state index contributed by atoms with van der Waals surface area (Å²) in [6.45, 7) is 4.63. The van der Waals surface area contributed by atoms with Crippen molar-refractivity contribution in [3.05, 3.63) is 83.3 Å². The van der Waals surface area contributed by atoms with Crippen molar-refractivity contribution in [1.82, 2.24) is 19.7 Å². The van der Waals surface area contributed by atoms with Gasteiger partial charge in [-0.3, -0.25) is 4.79 Å². The van der Waals surface area contributed by atoms with Gasteiger partial charge in [0.05, 0.1) is 11.4 Å². The molecule has 0 bridgehead atoms. The lowest BCUT2D eigenvalue weighted by Gasteiger charge is -2.17. The number of fused-ring (bicyclic) bond motifs is 1. The van der Waals surface area contributed by atoms with E-state index in [0.29, 0.717) is 13.0 Å². The Morgan fingerprint density at radius 3 is 2.59 bits per heavy atom. The topological polar surface area (TPSA) is 53.9 Å². The monoisotopic (exact) mass is 386 g/mol. The average molecular weight is 386 g/mol. The molecule has 0 unspecified atom stereocenters. The standard InChI is InChI=1S/C24H26N4O/c1-17-22(18(2)28(26-17)20-9-5-4-6-10-20)16-27(3)24(29)14-13-19-15-25-23-12-8-7-11-21(19)23/h4-12,15,25H,13-14,16H2,1-3H3. The maximum atomic E-state index is 12.8. The molecule has 0 fully saturated rings. The van der Waals surface area contributed by atoms with Crippen LogP contribution >= 0.6 is 0 Å². The second kappa shape index (κ2) is 7.95. The third-order valence-corrected chi connectivity index (χ3v) is 5.55. The number of nitrogens with one attached hydrogen (secondary N) is 1.